The number of fused-ring (bicyclic) bond motifs is 1. The zero-order valence-corrected chi connectivity index (χ0v) is 15.1. The molecule has 2 N–H and O–H groups in total. The molecule has 0 unspecified atom stereocenters. The van der Waals surface area contributed by atoms with E-state index in [4.69, 9.17) is 9.47 Å². The molecule has 0 spiro atoms. The Morgan fingerprint density at radius 2 is 1.54 bits per heavy atom. The number of nitrogens with one attached hydrogen (secondary N) is 2. The fourth-order valence-corrected chi connectivity index (χ4v) is 2.72. The monoisotopic (exact) mass is 375 g/mol. The molecule has 4 rings (SSSR count). The molecule has 1 aliphatic heterocycles. The molecule has 3 aromatic rings. The first-order chi connectivity index (χ1) is 13.6. The minimum Gasteiger partial charge on any atom is -0.454 e. The van der Waals surface area contributed by atoms with E-state index in [-0.39, 0.29) is 18.6 Å². The molecule has 1 aromatic heterocycles. The van der Waals surface area contributed by atoms with E-state index >= 15 is 0 Å². The van der Waals surface area contributed by atoms with Crippen molar-refractivity contribution in [3.63, 3.8) is 0 Å². The number of hydrogen-bond acceptors (Lipinski definition) is 5. The van der Waals surface area contributed by atoms with Gasteiger partial charge in [-0.3, -0.25) is 14.6 Å². The molecular formula is C21H17N3O4. The van der Waals surface area contributed by atoms with Crippen molar-refractivity contribution in [2.24, 2.45) is 0 Å². The largest absolute Gasteiger partial charge is 0.454 e. The Balaban J connectivity index is 1.45. The summed E-state index contributed by atoms with van der Waals surface area (Å²) >= 11 is 0. The second-order valence-corrected chi connectivity index (χ2v) is 6.25. The molecule has 1 aliphatic rings. The molecule has 0 fully saturated rings. The van der Waals surface area contributed by atoms with Gasteiger partial charge in [-0.1, -0.05) is 6.07 Å². The number of ether oxygens (including phenoxy) is 2. The predicted molar refractivity (Wildman–Crippen MR) is 104 cm³/mol. The number of nitrogens with zero attached hydrogens (tertiary/aromatic N) is 1. The van der Waals surface area contributed by atoms with Crippen molar-refractivity contribution in [3.8, 4) is 11.5 Å². The van der Waals surface area contributed by atoms with Gasteiger partial charge in [0, 0.05) is 28.8 Å². The molecule has 140 valence electrons. The molecular weight excluding hydrogens is 358 g/mol. The number of aryl methyl sites for hydroxylation is 1. The summed E-state index contributed by atoms with van der Waals surface area (Å²) in [7, 11) is 0. The predicted octanol–water partition coefficient (Wildman–Crippen LogP) is 3.62. The smallest absolute Gasteiger partial charge is 0.257 e. The van der Waals surface area contributed by atoms with E-state index < -0.39 is 0 Å². The van der Waals surface area contributed by atoms with Crippen molar-refractivity contribution in [1.29, 1.82) is 0 Å². The van der Waals surface area contributed by atoms with E-state index in [1.54, 1.807) is 54.6 Å². The second-order valence-electron chi connectivity index (χ2n) is 6.25. The maximum Gasteiger partial charge on any atom is 0.257 e. The molecule has 7 nitrogen and oxygen atoms in total. The van der Waals surface area contributed by atoms with Crippen molar-refractivity contribution in [2.75, 3.05) is 17.4 Å². The lowest BCUT2D eigenvalue weighted by atomic mass is 10.1. The number of aromatic nitrogens is 1. The molecule has 0 atom stereocenters. The van der Waals surface area contributed by atoms with Crippen molar-refractivity contribution in [1.82, 2.24) is 4.98 Å². The summed E-state index contributed by atoms with van der Waals surface area (Å²) in [6.45, 7) is 2.01. The molecule has 0 bridgehead atoms. The summed E-state index contributed by atoms with van der Waals surface area (Å²) in [5.74, 6) is 0.600. The minimum atomic E-state index is -0.287. The normalized spacial score (nSPS) is 11.8. The van der Waals surface area contributed by atoms with Crippen molar-refractivity contribution < 1.29 is 19.1 Å². The number of anilines is 2. The second kappa shape index (κ2) is 7.40. The highest BCUT2D eigenvalue weighted by Crippen LogP contribution is 2.32. The fraction of sp³-hybridized carbons (Fsp3) is 0.0952. The van der Waals surface area contributed by atoms with Gasteiger partial charge in [-0.2, -0.15) is 0 Å². The van der Waals surface area contributed by atoms with Crippen LogP contribution >= 0.6 is 0 Å². The van der Waals surface area contributed by atoms with Crippen molar-refractivity contribution in [3.05, 3.63) is 77.6 Å². The molecule has 28 heavy (non-hydrogen) atoms. The third kappa shape index (κ3) is 3.78. The molecule has 0 aliphatic carbocycles. The van der Waals surface area contributed by atoms with Gasteiger partial charge in [0.25, 0.3) is 11.8 Å². The molecule has 0 saturated heterocycles. The van der Waals surface area contributed by atoms with Crippen LogP contribution in [0.3, 0.4) is 0 Å². The molecule has 2 amide bonds. The maximum absolute atomic E-state index is 12.5. The molecule has 0 radical (unpaired) electrons. The Bertz CT molecular complexity index is 1050. The summed E-state index contributed by atoms with van der Waals surface area (Å²) in [5, 5.41) is 5.61. The molecule has 7 heteroatoms. The average molecular weight is 375 g/mol. The molecule has 2 heterocycles. The lowest BCUT2D eigenvalue weighted by Gasteiger charge is -2.09. The topological polar surface area (TPSA) is 89.6 Å². The van der Waals surface area contributed by atoms with Crippen LogP contribution in [-0.2, 0) is 0 Å². The first-order valence-electron chi connectivity index (χ1n) is 8.63. The van der Waals surface area contributed by atoms with E-state index in [0.29, 0.717) is 34.0 Å². The quantitative estimate of drug-likeness (QED) is 0.727. The van der Waals surface area contributed by atoms with Crippen LogP contribution < -0.4 is 20.1 Å². The van der Waals surface area contributed by atoms with E-state index in [1.807, 2.05) is 6.92 Å². The molecule has 0 saturated carbocycles. The third-order valence-electron chi connectivity index (χ3n) is 4.19. The number of carbonyl (C=O) groups is 2. The van der Waals surface area contributed by atoms with Gasteiger partial charge in [0.15, 0.2) is 11.5 Å². The highest BCUT2D eigenvalue weighted by atomic mass is 16.7. The number of benzene rings is 2. The summed E-state index contributed by atoms with van der Waals surface area (Å²) < 4.78 is 10.5. The Morgan fingerprint density at radius 1 is 0.857 bits per heavy atom. The van der Waals surface area contributed by atoms with Crippen molar-refractivity contribution in [2.45, 2.75) is 6.92 Å². The third-order valence-corrected chi connectivity index (χ3v) is 4.19. The average Bonchev–Trinajstić information content (AvgIpc) is 3.16. The lowest BCUT2D eigenvalue weighted by molar-refractivity contribution is 0.101. The number of hydrogen-bond donors (Lipinski definition) is 2. The van der Waals surface area contributed by atoms with Gasteiger partial charge in [-0.25, -0.2) is 0 Å². The van der Waals surface area contributed by atoms with Gasteiger partial charge in [-0.05, 0) is 55.5 Å². The van der Waals surface area contributed by atoms with Crippen LogP contribution in [0, 0.1) is 6.92 Å². The summed E-state index contributed by atoms with van der Waals surface area (Å²) in [6.07, 6.45) is 1.52. The Kier molecular flexibility index (Phi) is 4.63. The first kappa shape index (κ1) is 17.5. The Morgan fingerprint density at radius 3 is 2.25 bits per heavy atom. The standard InChI is InChI=1S/C21H17N3O4/c1-13-5-6-15(11-22-13)21(26)24-17-4-2-3-16(10-17)23-20(25)14-7-8-18-19(9-14)28-12-27-18/h2-11H,12H2,1H3,(H,23,25)(H,24,26). The van der Waals surface area contributed by atoms with E-state index in [0.717, 1.165) is 5.69 Å². The summed E-state index contributed by atoms with van der Waals surface area (Å²) in [5.41, 5.74) is 2.87. The SMILES string of the molecule is Cc1ccc(C(=O)Nc2cccc(NC(=O)c3ccc4c(c3)OCO4)c2)cn1. The highest BCUT2D eigenvalue weighted by molar-refractivity contribution is 6.06. The van der Waals surface area contributed by atoms with Gasteiger partial charge in [0.2, 0.25) is 6.79 Å². The molecule has 2 aromatic carbocycles. The van der Waals surface area contributed by atoms with Gasteiger partial charge in [0.1, 0.15) is 0 Å². The summed E-state index contributed by atoms with van der Waals surface area (Å²) in [6, 6.07) is 15.4. The van der Waals surface area contributed by atoms with Crippen LogP contribution in [0.4, 0.5) is 11.4 Å². The van der Waals surface area contributed by atoms with Gasteiger partial charge in [0.05, 0.1) is 5.56 Å². The first-order valence-corrected chi connectivity index (χ1v) is 8.63. The zero-order valence-electron chi connectivity index (χ0n) is 15.1. The van der Waals surface area contributed by atoms with E-state index in [9.17, 15) is 9.59 Å². The van der Waals surface area contributed by atoms with Gasteiger partial charge >= 0.3 is 0 Å². The van der Waals surface area contributed by atoms with Crippen LogP contribution in [-0.4, -0.2) is 23.6 Å². The fourth-order valence-electron chi connectivity index (χ4n) is 2.72. The van der Waals surface area contributed by atoms with Crippen LogP contribution in [0.15, 0.2) is 60.8 Å². The summed E-state index contributed by atoms with van der Waals surface area (Å²) in [4.78, 5) is 28.9. The lowest BCUT2D eigenvalue weighted by Crippen LogP contribution is -2.14. The Hall–Kier alpha value is -3.87. The van der Waals surface area contributed by atoms with Crippen LogP contribution in [0.1, 0.15) is 26.4 Å². The number of pyridine rings is 1. The van der Waals surface area contributed by atoms with Crippen LogP contribution in [0.2, 0.25) is 0 Å². The van der Waals surface area contributed by atoms with Crippen LogP contribution in [0.25, 0.3) is 0 Å². The minimum absolute atomic E-state index is 0.151. The van der Waals surface area contributed by atoms with Crippen LogP contribution in [0.5, 0.6) is 11.5 Å². The Labute approximate surface area is 161 Å². The number of carbonyl (C=O) groups excluding carboxylic acids is 2. The maximum atomic E-state index is 12.5. The van der Waals surface area contributed by atoms with Gasteiger partial charge < -0.3 is 20.1 Å². The van der Waals surface area contributed by atoms with E-state index in [1.165, 1.54) is 6.20 Å². The number of amides is 2. The van der Waals surface area contributed by atoms with Crippen molar-refractivity contribution >= 4 is 23.2 Å². The number of rotatable bonds is 4. The van der Waals surface area contributed by atoms with Gasteiger partial charge in [-0.15, -0.1) is 0 Å². The zero-order chi connectivity index (χ0) is 19.5. The van der Waals surface area contributed by atoms with E-state index in [2.05, 4.69) is 15.6 Å². The highest BCUT2D eigenvalue weighted by Gasteiger charge is 2.16.